The summed E-state index contributed by atoms with van der Waals surface area (Å²) in [7, 11) is 1.49. The van der Waals surface area contributed by atoms with E-state index < -0.39 is 15.8 Å². The highest BCUT2D eigenvalue weighted by atomic mass is 32.2. The zero-order valence-corrected chi connectivity index (χ0v) is 25.4. The number of carboxylic acid groups (broad SMARTS) is 1. The lowest BCUT2D eigenvalue weighted by atomic mass is 10.1. The zero-order valence-electron chi connectivity index (χ0n) is 24.6. The summed E-state index contributed by atoms with van der Waals surface area (Å²) in [4.78, 5) is 19.1. The first-order valence-corrected chi connectivity index (χ1v) is 14.9. The first-order chi connectivity index (χ1) is 21.0. The predicted molar refractivity (Wildman–Crippen MR) is 168 cm³/mol. The number of nitrogens with one attached hydrogen (secondary N) is 2. The third kappa shape index (κ3) is 7.68. The van der Waals surface area contributed by atoms with Crippen LogP contribution in [0.15, 0.2) is 90.2 Å². The topological polar surface area (TPSA) is 139 Å². The summed E-state index contributed by atoms with van der Waals surface area (Å²) in [5.41, 5.74) is 3.95. The minimum Gasteiger partial charge on any atom is -0.494 e. The number of halogens is 1. The fraction of sp³-hybridized carbons (Fsp3) is 0.194. The van der Waals surface area contributed by atoms with E-state index in [0.29, 0.717) is 23.2 Å². The van der Waals surface area contributed by atoms with Crippen LogP contribution in [0.4, 0.5) is 21.6 Å². The Bertz CT molecular complexity index is 1840. The van der Waals surface area contributed by atoms with Gasteiger partial charge in [0.1, 0.15) is 12.1 Å². The van der Waals surface area contributed by atoms with E-state index in [9.17, 15) is 12.8 Å². The summed E-state index contributed by atoms with van der Waals surface area (Å²) in [6.45, 7) is 2.85. The van der Waals surface area contributed by atoms with Gasteiger partial charge >= 0.3 is 0 Å². The molecule has 0 aliphatic heterocycles. The number of rotatable bonds is 10. The number of nitrogens with zero attached hydrogens (tertiary/aromatic N) is 4. The van der Waals surface area contributed by atoms with Crippen LogP contribution in [0.5, 0.6) is 5.75 Å². The van der Waals surface area contributed by atoms with Crippen molar-refractivity contribution in [3.63, 3.8) is 0 Å². The van der Waals surface area contributed by atoms with Gasteiger partial charge in [0.25, 0.3) is 16.5 Å². The molecule has 0 aliphatic rings. The van der Waals surface area contributed by atoms with Crippen molar-refractivity contribution in [3.05, 3.63) is 91.1 Å². The van der Waals surface area contributed by atoms with Crippen LogP contribution < -0.4 is 14.8 Å². The summed E-state index contributed by atoms with van der Waals surface area (Å²) >= 11 is 0. The maximum Gasteiger partial charge on any atom is 0.290 e. The van der Waals surface area contributed by atoms with Crippen LogP contribution >= 0.6 is 0 Å². The van der Waals surface area contributed by atoms with Crippen molar-refractivity contribution in [3.8, 4) is 17.0 Å². The van der Waals surface area contributed by atoms with Crippen LogP contribution in [0.3, 0.4) is 0 Å². The molecule has 2 heterocycles. The van der Waals surface area contributed by atoms with E-state index in [1.165, 1.54) is 31.1 Å². The number of anilines is 3. The highest BCUT2D eigenvalue weighted by molar-refractivity contribution is 7.92. The number of sulfonamides is 1. The second kappa shape index (κ2) is 14.0. The molecule has 230 valence electrons. The Morgan fingerprint density at radius 3 is 2.39 bits per heavy atom. The number of likely N-dealkylation sites (N-methyl/N-ethyl adjacent to an activating group) is 1. The second-order valence-electron chi connectivity index (χ2n) is 10.1. The molecule has 0 saturated heterocycles. The summed E-state index contributed by atoms with van der Waals surface area (Å²) < 4.78 is 49.0. The van der Waals surface area contributed by atoms with Crippen LogP contribution in [0.1, 0.15) is 6.92 Å². The van der Waals surface area contributed by atoms with Crippen molar-refractivity contribution in [2.45, 2.75) is 24.4 Å². The molecule has 3 aromatic carbocycles. The lowest BCUT2D eigenvalue weighted by Crippen LogP contribution is -2.28. The highest BCUT2D eigenvalue weighted by Gasteiger charge is 2.17. The third-order valence-electron chi connectivity index (χ3n) is 6.92. The van der Waals surface area contributed by atoms with Gasteiger partial charge in [-0.1, -0.05) is 6.07 Å². The standard InChI is InChI=1S/C30H31FN6O3S.CH2O2/c1-20(36(2)3)18-37-14-13-22-15-21(5-11-28(22)37)27-17-30(33-19-32-27)34-23-6-8-24(9-7-23)35-41(38,39)25-10-12-29(40-4)26(31)16-25;2-1-3/h5-17,19-20,35H,18H2,1-4H3,(H,32,33,34);1H,(H,2,3). The number of fused-ring (bicyclic) bond motifs is 1. The smallest absolute Gasteiger partial charge is 0.290 e. The van der Waals surface area contributed by atoms with Gasteiger partial charge in [-0.15, -0.1) is 0 Å². The number of carbonyl (C=O) groups is 1. The normalized spacial score (nSPS) is 11.9. The van der Waals surface area contributed by atoms with Gasteiger partial charge in [-0.2, -0.15) is 0 Å². The van der Waals surface area contributed by atoms with Gasteiger partial charge in [0, 0.05) is 52.7 Å². The molecule has 5 rings (SSSR count). The molecule has 3 N–H and O–H groups in total. The summed E-state index contributed by atoms with van der Waals surface area (Å²) in [6.07, 6.45) is 3.61. The molecule has 0 spiro atoms. The lowest BCUT2D eigenvalue weighted by Gasteiger charge is -2.20. The minimum atomic E-state index is -3.98. The Hall–Kier alpha value is -5.01. The summed E-state index contributed by atoms with van der Waals surface area (Å²) in [5, 5.41) is 11.3. The average Bonchev–Trinajstić information content (AvgIpc) is 3.40. The van der Waals surface area contributed by atoms with Crippen LogP contribution in [-0.2, 0) is 21.4 Å². The van der Waals surface area contributed by atoms with Crippen LogP contribution in [0.25, 0.3) is 22.2 Å². The molecule has 1 unspecified atom stereocenters. The van der Waals surface area contributed by atoms with E-state index in [1.807, 2.05) is 6.07 Å². The van der Waals surface area contributed by atoms with Gasteiger partial charge in [-0.05, 0) is 81.7 Å². The Kier molecular flexibility index (Phi) is 10.1. The molecule has 5 aromatic rings. The second-order valence-corrected chi connectivity index (χ2v) is 11.7. The number of methoxy groups -OCH3 is 1. The number of hydrogen-bond acceptors (Lipinski definition) is 8. The Balaban J connectivity index is 0.00000141. The first kappa shape index (κ1) is 31.9. The minimum absolute atomic E-state index is 0.0304. The Morgan fingerprint density at radius 1 is 1.02 bits per heavy atom. The third-order valence-corrected chi connectivity index (χ3v) is 8.30. The number of benzene rings is 3. The van der Waals surface area contributed by atoms with Crippen LogP contribution in [0.2, 0.25) is 0 Å². The van der Waals surface area contributed by atoms with Gasteiger partial charge in [-0.3, -0.25) is 9.52 Å². The molecule has 0 radical (unpaired) electrons. The predicted octanol–water partition coefficient (Wildman–Crippen LogP) is 5.44. The number of hydrogen-bond donors (Lipinski definition) is 3. The molecule has 0 saturated carbocycles. The molecule has 13 heteroatoms. The number of aromatic nitrogens is 3. The average molecular weight is 621 g/mol. The molecular weight excluding hydrogens is 587 g/mol. The Labute approximate surface area is 255 Å². The maximum absolute atomic E-state index is 14.0. The van der Waals surface area contributed by atoms with Crippen molar-refractivity contribution in [1.29, 1.82) is 0 Å². The van der Waals surface area contributed by atoms with E-state index in [1.54, 1.807) is 24.3 Å². The monoisotopic (exact) mass is 620 g/mol. The van der Waals surface area contributed by atoms with Gasteiger partial charge < -0.3 is 24.6 Å². The van der Waals surface area contributed by atoms with Gasteiger partial charge in [0.05, 0.1) is 17.7 Å². The van der Waals surface area contributed by atoms with E-state index in [4.69, 9.17) is 14.6 Å². The van der Waals surface area contributed by atoms with E-state index in [-0.39, 0.29) is 17.1 Å². The molecule has 1 atom stereocenters. The van der Waals surface area contributed by atoms with Crippen LogP contribution in [0, 0.1) is 5.82 Å². The summed E-state index contributed by atoms with van der Waals surface area (Å²) in [6, 6.07) is 20.8. The lowest BCUT2D eigenvalue weighted by molar-refractivity contribution is -0.122. The molecule has 0 bridgehead atoms. The summed E-state index contributed by atoms with van der Waals surface area (Å²) in [5.74, 6) is -0.196. The quantitative estimate of drug-likeness (QED) is 0.174. The molecule has 0 amide bonds. The van der Waals surface area contributed by atoms with Crippen molar-refractivity contribution < 1.29 is 27.4 Å². The van der Waals surface area contributed by atoms with Crippen molar-refractivity contribution in [2.24, 2.45) is 0 Å². The fourth-order valence-corrected chi connectivity index (χ4v) is 5.42. The van der Waals surface area contributed by atoms with E-state index >= 15 is 0 Å². The fourth-order valence-electron chi connectivity index (χ4n) is 4.35. The van der Waals surface area contributed by atoms with Gasteiger partial charge in [-0.25, -0.2) is 22.8 Å². The van der Waals surface area contributed by atoms with Crippen LogP contribution in [-0.4, -0.2) is 66.7 Å². The number of ether oxygens (including phenoxy) is 1. The molecular formula is C31H33FN6O5S. The zero-order chi connectivity index (χ0) is 31.9. The van der Waals surface area contributed by atoms with E-state index in [2.05, 4.69) is 81.0 Å². The largest absolute Gasteiger partial charge is 0.494 e. The molecule has 2 aromatic heterocycles. The molecule has 0 fully saturated rings. The SMILES string of the molecule is COc1ccc(S(=O)(=O)Nc2ccc(Nc3cc(-c4ccc5c(ccn5CC(C)N(C)C)c4)ncn3)cc2)cc1F.O=CO. The van der Waals surface area contributed by atoms with Crippen molar-refractivity contribution >= 4 is 44.6 Å². The van der Waals surface area contributed by atoms with Gasteiger partial charge in [0.15, 0.2) is 11.6 Å². The molecule has 44 heavy (non-hydrogen) atoms. The van der Waals surface area contributed by atoms with E-state index in [0.717, 1.165) is 29.3 Å². The highest BCUT2D eigenvalue weighted by Crippen LogP contribution is 2.27. The molecule has 0 aliphatic carbocycles. The van der Waals surface area contributed by atoms with Gasteiger partial charge in [0.2, 0.25) is 0 Å². The Morgan fingerprint density at radius 2 is 1.73 bits per heavy atom. The van der Waals surface area contributed by atoms with Crippen molar-refractivity contribution in [2.75, 3.05) is 31.2 Å². The maximum atomic E-state index is 14.0. The first-order valence-electron chi connectivity index (χ1n) is 13.4. The molecule has 11 nitrogen and oxygen atoms in total. The van der Waals surface area contributed by atoms with Crippen molar-refractivity contribution in [1.82, 2.24) is 19.4 Å².